The van der Waals surface area contributed by atoms with Crippen LogP contribution in [-0.4, -0.2) is 16.8 Å². The van der Waals surface area contributed by atoms with Crippen molar-refractivity contribution in [3.8, 4) is 0 Å². The van der Waals surface area contributed by atoms with Crippen LogP contribution in [0.4, 0.5) is 5.69 Å². The summed E-state index contributed by atoms with van der Waals surface area (Å²) >= 11 is 6.01. The van der Waals surface area contributed by atoms with Crippen LogP contribution in [0.2, 0.25) is 0 Å². The molecule has 0 spiro atoms. The second-order valence-corrected chi connectivity index (χ2v) is 4.91. The maximum atomic E-state index is 6.01. The molecule has 0 unspecified atom stereocenters. The summed E-state index contributed by atoms with van der Waals surface area (Å²) in [5, 5.41) is 4.18. The minimum absolute atomic E-state index is 0.536. The third-order valence-corrected chi connectivity index (χ3v) is 3.26. The van der Waals surface area contributed by atoms with E-state index >= 15 is 0 Å². The molecule has 0 aliphatic heterocycles. The summed E-state index contributed by atoms with van der Waals surface area (Å²) in [4.78, 5) is 2.20. The molecule has 0 atom stereocenters. The van der Waals surface area contributed by atoms with Gasteiger partial charge in [-0.15, -0.1) is 11.6 Å². The zero-order valence-electron chi connectivity index (χ0n) is 11.0. The van der Waals surface area contributed by atoms with Gasteiger partial charge in [-0.25, -0.2) is 0 Å². The zero-order chi connectivity index (χ0) is 13.1. The highest BCUT2D eigenvalue weighted by Gasteiger charge is 2.08. The van der Waals surface area contributed by atoms with E-state index in [9.17, 15) is 0 Å². The minimum atomic E-state index is 0.536. The van der Waals surface area contributed by atoms with Crippen molar-refractivity contribution in [2.75, 3.05) is 11.9 Å². The van der Waals surface area contributed by atoms with E-state index < -0.39 is 0 Å². The summed E-state index contributed by atoms with van der Waals surface area (Å²) in [7, 11) is 4.01. The monoisotopic (exact) mass is 263 g/mol. The number of halogens is 1. The molecule has 1 heterocycles. The van der Waals surface area contributed by atoms with E-state index in [0.29, 0.717) is 5.88 Å². The summed E-state index contributed by atoms with van der Waals surface area (Å²) in [5.74, 6) is 0.536. The van der Waals surface area contributed by atoms with Crippen LogP contribution < -0.4 is 4.90 Å². The Kier molecular flexibility index (Phi) is 3.92. The number of benzene rings is 1. The van der Waals surface area contributed by atoms with Gasteiger partial charge in [-0.3, -0.25) is 4.68 Å². The molecule has 0 bridgehead atoms. The number of nitrogens with zero attached hydrogens (tertiary/aromatic N) is 3. The number of rotatable bonds is 4. The molecule has 0 amide bonds. The summed E-state index contributed by atoms with van der Waals surface area (Å²) in [6.45, 7) is 2.92. The Balaban J connectivity index is 2.20. The highest BCUT2D eigenvalue weighted by atomic mass is 35.5. The summed E-state index contributed by atoms with van der Waals surface area (Å²) in [6.07, 6.45) is 3.93. The first-order chi connectivity index (χ1) is 8.60. The first-order valence-corrected chi connectivity index (χ1v) is 6.47. The van der Waals surface area contributed by atoms with Crippen LogP contribution in [0.3, 0.4) is 0 Å². The van der Waals surface area contributed by atoms with Gasteiger partial charge in [-0.05, 0) is 18.6 Å². The average Bonchev–Trinajstić information content (AvgIpc) is 2.74. The summed E-state index contributed by atoms with van der Waals surface area (Å²) in [5.41, 5.74) is 4.78. The lowest BCUT2D eigenvalue weighted by molar-refractivity contribution is 0.766. The van der Waals surface area contributed by atoms with Gasteiger partial charge in [0, 0.05) is 44.0 Å². The van der Waals surface area contributed by atoms with Crippen LogP contribution in [0.15, 0.2) is 30.6 Å². The van der Waals surface area contributed by atoms with Gasteiger partial charge in [0.15, 0.2) is 0 Å². The van der Waals surface area contributed by atoms with Gasteiger partial charge in [0.2, 0.25) is 0 Å². The molecule has 0 aliphatic carbocycles. The third kappa shape index (κ3) is 2.85. The van der Waals surface area contributed by atoms with Crippen molar-refractivity contribution in [2.24, 2.45) is 7.05 Å². The average molecular weight is 264 g/mol. The minimum Gasteiger partial charge on any atom is -0.370 e. The van der Waals surface area contributed by atoms with Crippen molar-refractivity contribution in [1.29, 1.82) is 0 Å². The van der Waals surface area contributed by atoms with Gasteiger partial charge in [-0.2, -0.15) is 5.10 Å². The molecule has 0 saturated carbocycles. The number of aromatic nitrogens is 2. The van der Waals surface area contributed by atoms with E-state index in [1.807, 2.05) is 24.1 Å². The quantitative estimate of drug-likeness (QED) is 0.791. The number of hydrogen-bond acceptors (Lipinski definition) is 2. The van der Waals surface area contributed by atoms with Crippen molar-refractivity contribution < 1.29 is 0 Å². The molecule has 0 radical (unpaired) electrons. The van der Waals surface area contributed by atoms with Crippen molar-refractivity contribution in [3.63, 3.8) is 0 Å². The highest BCUT2D eigenvalue weighted by molar-refractivity contribution is 6.17. The molecule has 4 heteroatoms. The van der Waals surface area contributed by atoms with E-state index in [-0.39, 0.29) is 0 Å². The predicted octanol–water partition coefficient (Wildman–Crippen LogP) is 3.10. The van der Waals surface area contributed by atoms with E-state index in [1.54, 1.807) is 0 Å². The van der Waals surface area contributed by atoms with Crippen LogP contribution in [0.1, 0.15) is 16.7 Å². The first-order valence-electron chi connectivity index (χ1n) is 5.94. The Morgan fingerprint density at radius 1 is 1.39 bits per heavy atom. The Morgan fingerprint density at radius 3 is 2.78 bits per heavy atom. The first kappa shape index (κ1) is 13.0. The number of hydrogen-bond donors (Lipinski definition) is 0. The number of aryl methyl sites for hydroxylation is 2. The lowest BCUT2D eigenvalue weighted by Gasteiger charge is -2.21. The summed E-state index contributed by atoms with van der Waals surface area (Å²) in [6, 6.07) is 6.39. The summed E-state index contributed by atoms with van der Waals surface area (Å²) < 4.78 is 1.82. The number of anilines is 1. The van der Waals surface area contributed by atoms with Crippen molar-refractivity contribution in [2.45, 2.75) is 19.3 Å². The predicted molar refractivity (Wildman–Crippen MR) is 76.1 cm³/mol. The van der Waals surface area contributed by atoms with Gasteiger partial charge in [0.25, 0.3) is 0 Å². The molecule has 18 heavy (non-hydrogen) atoms. The Morgan fingerprint density at radius 2 is 2.17 bits per heavy atom. The van der Waals surface area contributed by atoms with Crippen LogP contribution in [0.25, 0.3) is 0 Å². The Labute approximate surface area is 113 Å². The fraction of sp³-hybridized carbons (Fsp3) is 0.357. The lowest BCUT2D eigenvalue weighted by atomic mass is 10.1. The number of alkyl halides is 1. The van der Waals surface area contributed by atoms with E-state index in [1.165, 1.54) is 22.4 Å². The Hall–Kier alpha value is -1.48. The lowest BCUT2D eigenvalue weighted by Crippen LogP contribution is -2.17. The van der Waals surface area contributed by atoms with E-state index in [0.717, 1.165) is 6.54 Å². The molecule has 96 valence electrons. The second kappa shape index (κ2) is 5.44. The molecular formula is C14H18ClN3. The molecule has 0 aliphatic rings. The smallest absolute Gasteiger partial charge is 0.0539 e. The molecule has 2 aromatic rings. The molecule has 2 rings (SSSR count). The van der Waals surface area contributed by atoms with Crippen LogP contribution >= 0.6 is 11.6 Å². The standard InChI is InChI=1S/C14H18ClN3/c1-11-4-5-14(13(6-11)7-15)17(2)9-12-8-16-18(3)10-12/h4-6,8,10H,7,9H2,1-3H3. The molecular weight excluding hydrogens is 246 g/mol. The fourth-order valence-electron chi connectivity index (χ4n) is 2.11. The largest absolute Gasteiger partial charge is 0.370 e. The van der Waals surface area contributed by atoms with E-state index in [2.05, 4.69) is 42.2 Å². The van der Waals surface area contributed by atoms with Crippen LogP contribution in [0.5, 0.6) is 0 Å². The second-order valence-electron chi connectivity index (χ2n) is 4.64. The van der Waals surface area contributed by atoms with Gasteiger partial charge in [0.1, 0.15) is 0 Å². The molecule has 0 saturated heterocycles. The maximum Gasteiger partial charge on any atom is 0.0539 e. The molecule has 1 aromatic carbocycles. The maximum absolute atomic E-state index is 6.01. The van der Waals surface area contributed by atoms with Gasteiger partial charge >= 0.3 is 0 Å². The van der Waals surface area contributed by atoms with Crippen LogP contribution in [0, 0.1) is 6.92 Å². The normalized spacial score (nSPS) is 10.7. The van der Waals surface area contributed by atoms with Gasteiger partial charge < -0.3 is 4.90 Å². The molecule has 0 N–H and O–H groups in total. The SMILES string of the molecule is Cc1ccc(N(C)Cc2cnn(C)c2)c(CCl)c1. The molecule has 0 fully saturated rings. The van der Waals surface area contributed by atoms with Crippen molar-refractivity contribution >= 4 is 17.3 Å². The fourth-order valence-corrected chi connectivity index (χ4v) is 2.32. The molecule has 1 aromatic heterocycles. The highest BCUT2D eigenvalue weighted by Crippen LogP contribution is 2.24. The van der Waals surface area contributed by atoms with Crippen molar-refractivity contribution in [1.82, 2.24) is 9.78 Å². The molecule has 3 nitrogen and oxygen atoms in total. The van der Waals surface area contributed by atoms with Crippen molar-refractivity contribution in [3.05, 3.63) is 47.3 Å². The zero-order valence-corrected chi connectivity index (χ0v) is 11.8. The third-order valence-electron chi connectivity index (χ3n) is 2.97. The van der Waals surface area contributed by atoms with Crippen LogP contribution in [-0.2, 0) is 19.5 Å². The van der Waals surface area contributed by atoms with Gasteiger partial charge in [0.05, 0.1) is 6.20 Å². The topological polar surface area (TPSA) is 21.1 Å². The van der Waals surface area contributed by atoms with E-state index in [4.69, 9.17) is 11.6 Å². The van der Waals surface area contributed by atoms with Gasteiger partial charge in [-0.1, -0.05) is 17.7 Å². The Bertz CT molecular complexity index is 534.